The summed E-state index contributed by atoms with van der Waals surface area (Å²) >= 11 is 0. The molecule has 1 atom stereocenters. The molecule has 0 saturated carbocycles. The Kier molecular flexibility index (Phi) is 5.54. The molecule has 0 aliphatic rings. The molecular weight excluding hydrogens is 246 g/mol. The molecular formula is C13H21N3O3. The minimum absolute atomic E-state index is 0.241. The van der Waals surface area contributed by atoms with Crippen LogP contribution in [0.25, 0.3) is 0 Å². The maximum atomic E-state index is 11.4. The van der Waals surface area contributed by atoms with Crippen LogP contribution >= 0.6 is 0 Å². The van der Waals surface area contributed by atoms with Crippen LogP contribution in [0.2, 0.25) is 0 Å². The van der Waals surface area contributed by atoms with Gasteiger partial charge in [0.2, 0.25) is 11.8 Å². The number of carbonyl (C=O) groups excluding carboxylic acids is 1. The zero-order valence-corrected chi connectivity index (χ0v) is 12.1. The fourth-order valence-corrected chi connectivity index (χ4v) is 1.69. The summed E-state index contributed by atoms with van der Waals surface area (Å²) in [4.78, 5) is 21.9. The monoisotopic (exact) mass is 267 g/mol. The smallest absolute Gasteiger partial charge is 0.310 e. The Morgan fingerprint density at radius 3 is 2.74 bits per heavy atom. The summed E-state index contributed by atoms with van der Waals surface area (Å²) in [6, 6.07) is 1.78. The largest absolute Gasteiger partial charge is 0.478 e. The molecule has 106 valence electrons. The normalized spacial score (nSPS) is 11.8. The van der Waals surface area contributed by atoms with E-state index < -0.39 is 0 Å². The number of carbonyl (C=O) groups is 1. The zero-order chi connectivity index (χ0) is 14.4. The van der Waals surface area contributed by atoms with Gasteiger partial charge in [-0.05, 0) is 13.8 Å². The molecule has 0 saturated heterocycles. The SMILES string of the molecule is CCOc1cc(C)nc(N(C)CC(C)C(=O)OC)n1. The second-order valence-corrected chi connectivity index (χ2v) is 4.39. The molecule has 0 aliphatic heterocycles. The van der Waals surface area contributed by atoms with E-state index >= 15 is 0 Å². The molecule has 6 nitrogen and oxygen atoms in total. The fraction of sp³-hybridized carbons (Fsp3) is 0.615. The van der Waals surface area contributed by atoms with Crippen molar-refractivity contribution < 1.29 is 14.3 Å². The van der Waals surface area contributed by atoms with Crippen LogP contribution < -0.4 is 9.64 Å². The van der Waals surface area contributed by atoms with Gasteiger partial charge in [-0.1, -0.05) is 6.92 Å². The van der Waals surface area contributed by atoms with Gasteiger partial charge in [0.05, 0.1) is 19.6 Å². The molecule has 6 heteroatoms. The predicted molar refractivity (Wildman–Crippen MR) is 72.4 cm³/mol. The molecule has 19 heavy (non-hydrogen) atoms. The summed E-state index contributed by atoms with van der Waals surface area (Å²) in [5, 5.41) is 0. The molecule has 1 unspecified atom stereocenters. The molecule has 1 rings (SSSR count). The number of ether oxygens (including phenoxy) is 2. The Balaban J connectivity index is 2.81. The van der Waals surface area contributed by atoms with E-state index in [1.165, 1.54) is 7.11 Å². The molecule has 1 aromatic heterocycles. The average molecular weight is 267 g/mol. The van der Waals surface area contributed by atoms with Crippen LogP contribution in [0.3, 0.4) is 0 Å². The van der Waals surface area contributed by atoms with Gasteiger partial charge < -0.3 is 14.4 Å². The predicted octanol–water partition coefficient (Wildman–Crippen LogP) is 1.43. The minimum atomic E-state index is -0.246. The fourth-order valence-electron chi connectivity index (χ4n) is 1.69. The minimum Gasteiger partial charge on any atom is -0.478 e. The van der Waals surface area contributed by atoms with E-state index in [9.17, 15) is 4.79 Å². The van der Waals surface area contributed by atoms with Crippen molar-refractivity contribution in [2.24, 2.45) is 5.92 Å². The highest BCUT2D eigenvalue weighted by atomic mass is 16.5. The van der Waals surface area contributed by atoms with Crippen molar-refractivity contribution in [1.29, 1.82) is 0 Å². The Morgan fingerprint density at radius 2 is 2.16 bits per heavy atom. The van der Waals surface area contributed by atoms with E-state index in [1.54, 1.807) is 6.07 Å². The summed E-state index contributed by atoms with van der Waals surface area (Å²) in [5.74, 6) is 0.598. The maximum absolute atomic E-state index is 11.4. The topological polar surface area (TPSA) is 64.5 Å². The summed E-state index contributed by atoms with van der Waals surface area (Å²) in [6.07, 6.45) is 0. The summed E-state index contributed by atoms with van der Waals surface area (Å²) in [7, 11) is 3.22. The Bertz CT molecular complexity index is 437. The number of anilines is 1. The van der Waals surface area contributed by atoms with Gasteiger partial charge in [0, 0.05) is 25.4 Å². The second kappa shape index (κ2) is 6.92. The molecule has 0 amide bonds. The number of hydrogen-bond donors (Lipinski definition) is 0. The lowest BCUT2D eigenvalue weighted by molar-refractivity contribution is -0.144. The molecule has 0 spiro atoms. The van der Waals surface area contributed by atoms with E-state index in [0.717, 1.165) is 5.69 Å². The van der Waals surface area contributed by atoms with Gasteiger partial charge in [-0.25, -0.2) is 4.98 Å². The van der Waals surface area contributed by atoms with Crippen molar-refractivity contribution in [3.8, 4) is 5.88 Å². The van der Waals surface area contributed by atoms with E-state index in [2.05, 4.69) is 9.97 Å². The van der Waals surface area contributed by atoms with E-state index in [0.29, 0.717) is 25.0 Å². The summed E-state index contributed by atoms with van der Waals surface area (Å²) < 4.78 is 10.1. The molecule has 0 radical (unpaired) electrons. The van der Waals surface area contributed by atoms with Crippen LogP contribution in [0, 0.1) is 12.8 Å². The zero-order valence-electron chi connectivity index (χ0n) is 12.1. The van der Waals surface area contributed by atoms with Gasteiger partial charge in [0.15, 0.2) is 0 Å². The van der Waals surface area contributed by atoms with Crippen LogP contribution in [0.15, 0.2) is 6.07 Å². The first-order valence-electron chi connectivity index (χ1n) is 6.25. The van der Waals surface area contributed by atoms with Gasteiger partial charge >= 0.3 is 5.97 Å². The standard InChI is InChI=1S/C13H21N3O3/c1-6-19-11-7-10(3)14-13(15-11)16(4)8-9(2)12(17)18-5/h7,9H,6,8H2,1-5H3. The van der Waals surface area contributed by atoms with Crippen LogP contribution in [-0.2, 0) is 9.53 Å². The second-order valence-electron chi connectivity index (χ2n) is 4.39. The van der Waals surface area contributed by atoms with Crippen molar-refractivity contribution in [3.05, 3.63) is 11.8 Å². The Morgan fingerprint density at radius 1 is 1.47 bits per heavy atom. The molecule has 0 fully saturated rings. The Hall–Kier alpha value is -1.85. The molecule has 1 aromatic rings. The molecule has 1 heterocycles. The molecule has 0 aromatic carbocycles. The van der Waals surface area contributed by atoms with Gasteiger partial charge in [-0.3, -0.25) is 4.79 Å². The van der Waals surface area contributed by atoms with Gasteiger partial charge in [0.25, 0.3) is 0 Å². The van der Waals surface area contributed by atoms with E-state index in [-0.39, 0.29) is 11.9 Å². The van der Waals surface area contributed by atoms with E-state index in [4.69, 9.17) is 9.47 Å². The van der Waals surface area contributed by atoms with Gasteiger partial charge in [0.1, 0.15) is 0 Å². The first kappa shape index (κ1) is 15.2. The van der Waals surface area contributed by atoms with Crippen molar-refractivity contribution in [2.75, 3.05) is 32.2 Å². The van der Waals surface area contributed by atoms with Crippen molar-refractivity contribution in [2.45, 2.75) is 20.8 Å². The number of methoxy groups -OCH3 is 1. The average Bonchev–Trinajstić information content (AvgIpc) is 2.37. The number of aryl methyl sites for hydroxylation is 1. The lowest BCUT2D eigenvalue weighted by Crippen LogP contribution is -2.30. The summed E-state index contributed by atoms with van der Waals surface area (Å²) in [6.45, 7) is 6.63. The Labute approximate surface area is 113 Å². The highest BCUT2D eigenvalue weighted by Gasteiger charge is 2.17. The third-order valence-electron chi connectivity index (χ3n) is 2.60. The van der Waals surface area contributed by atoms with Gasteiger partial charge in [-0.15, -0.1) is 0 Å². The van der Waals surface area contributed by atoms with Crippen LogP contribution in [0.1, 0.15) is 19.5 Å². The lowest BCUT2D eigenvalue weighted by Gasteiger charge is -2.20. The van der Waals surface area contributed by atoms with Crippen LogP contribution in [0.4, 0.5) is 5.95 Å². The quantitative estimate of drug-likeness (QED) is 0.726. The first-order valence-corrected chi connectivity index (χ1v) is 6.25. The third-order valence-corrected chi connectivity index (χ3v) is 2.60. The number of aromatic nitrogens is 2. The third kappa shape index (κ3) is 4.39. The highest BCUT2D eigenvalue weighted by molar-refractivity contribution is 5.72. The van der Waals surface area contributed by atoms with Crippen molar-refractivity contribution in [1.82, 2.24) is 9.97 Å². The number of nitrogens with zero attached hydrogens (tertiary/aromatic N) is 3. The molecule has 0 aliphatic carbocycles. The maximum Gasteiger partial charge on any atom is 0.310 e. The number of esters is 1. The number of hydrogen-bond acceptors (Lipinski definition) is 6. The molecule has 0 N–H and O–H groups in total. The number of rotatable bonds is 6. The van der Waals surface area contributed by atoms with Crippen molar-refractivity contribution in [3.63, 3.8) is 0 Å². The lowest BCUT2D eigenvalue weighted by atomic mass is 10.2. The van der Waals surface area contributed by atoms with Crippen LogP contribution in [-0.4, -0.2) is 43.2 Å². The van der Waals surface area contributed by atoms with E-state index in [1.807, 2.05) is 32.7 Å². The van der Waals surface area contributed by atoms with Crippen LogP contribution in [0.5, 0.6) is 5.88 Å². The van der Waals surface area contributed by atoms with Crippen molar-refractivity contribution >= 4 is 11.9 Å². The summed E-state index contributed by atoms with van der Waals surface area (Å²) in [5.41, 5.74) is 0.825. The first-order chi connectivity index (χ1) is 8.97. The highest BCUT2D eigenvalue weighted by Crippen LogP contribution is 2.15. The molecule has 0 bridgehead atoms. The van der Waals surface area contributed by atoms with Gasteiger partial charge in [-0.2, -0.15) is 4.98 Å².